The molecule has 0 radical (unpaired) electrons. The lowest BCUT2D eigenvalue weighted by Gasteiger charge is -2.05. The van der Waals surface area contributed by atoms with Gasteiger partial charge in [0.05, 0.1) is 11.0 Å². The van der Waals surface area contributed by atoms with Crippen LogP contribution >= 0.6 is 12.4 Å². The Labute approximate surface area is 86.5 Å². The van der Waals surface area contributed by atoms with Gasteiger partial charge < -0.3 is 5.73 Å². The predicted octanol–water partition coefficient (Wildman–Crippen LogP) is 1.99. The van der Waals surface area contributed by atoms with Gasteiger partial charge >= 0.3 is 0 Å². The van der Waals surface area contributed by atoms with Crippen LogP contribution in [0.25, 0.3) is 0 Å². The Morgan fingerprint density at radius 2 is 2.21 bits per heavy atom. The standard InChI is InChI=1S/C8H9FN2O2.ClH/c9-5-8(10)6-2-1-3-7(4-6)11(12)13;/h1-4,8H,5,10H2;1H/t8-;/m0./s1. The number of nitrogens with zero attached hydrogens (tertiary/aromatic N) is 1. The maximum atomic E-state index is 12.1. The first-order valence-electron chi connectivity index (χ1n) is 3.71. The summed E-state index contributed by atoms with van der Waals surface area (Å²) in [6.45, 7) is -0.721. The summed E-state index contributed by atoms with van der Waals surface area (Å²) in [5, 5.41) is 10.3. The van der Waals surface area contributed by atoms with Crippen LogP contribution in [0.1, 0.15) is 11.6 Å². The van der Waals surface area contributed by atoms with E-state index in [9.17, 15) is 14.5 Å². The summed E-state index contributed by atoms with van der Waals surface area (Å²) in [6.07, 6.45) is 0. The third-order valence-corrected chi connectivity index (χ3v) is 1.68. The second-order valence-corrected chi connectivity index (χ2v) is 2.61. The molecule has 2 N–H and O–H groups in total. The summed E-state index contributed by atoms with van der Waals surface area (Å²) in [5.74, 6) is 0. The minimum atomic E-state index is -0.778. The molecule has 1 atom stereocenters. The Bertz CT molecular complexity index is 322. The highest BCUT2D eigenvalue weighted by atomic mass is 35.5. The number of hydrogen-bond donors (Lipinski definition) is 1. The number of benzene rings is 1. The van der Waals surface area contributed by atoms with Crippen molar-refractivity contribution in [2.45, 2.75) is 6.04 Å². The van der Waals surface area contributed by atoms with E-state index in [1.54, 1.807) is 6.07 Å². The molecule has 0 aliphatic carbocycles. The number of alkyl halides is 1. The van der Waals surface area contributed by atoms with E-state index in [1.807, 2.05) is 0 Å². The molecule has 1 aromatic rings. The molecule has 1 rings (SSSR count). The fourth-order valence-corrected chi connectivity index (χ4v) is 0.958. The lowest BCUT2D eigenvalue weighted by Crippen LogP contribution is -2.12. The maximum absolute atomic E-state index is 12.1. The molecule has 0 spiro atoms. The fourth-order valence-electron chi connectivity index (χ4n) is 0.958. The van der Waals surface area contributed by atoms with Crippen LogP contribution < -0.4 is 5.73 Å². The van der Waals surface area contributed by atoms with Gasteiger partial charge in [-0.15, -0.1) is 12.4 Å². The highest BCUT2D eigenvalue weighted by Crippen LogP contribution is 2.17. The number of hydrogen-bond acceptors (Lipinski definition) is 3. The van der Waals surface area contributed by atoms with Crippen molar-refractivity contribution in [2.75, 3.05) is 6.67 Å². The topological polar surface area (TPSA) is 69.2 Å². The van der Waals surface area contributed by atoms with E-state index in [4.69, 9.17) is 5.73 Å². The molecule has 0 aliphatic heterocycles. The van der Waals surface area contributed by atoms with E-state index in [1.165, 1.54) is 18.2 Å². The molecule has 6 heteroatoms. The molecule has 4 nitrogen and oxygen atoms in total. The van der Waals surface area contributed by atoms with Gasteiger partial charge in [-0.1, -0.05) is 12.1 Å². The lowest BCUT2D eigenvalue weighted by atomic mass is 10.1. The third-order valence-electron chi connectivity index (χ3n) is 1.68. The molecule has 0 unspecified atom stereocenters. The number of nitro groups is 1. The van der Waals surface area contributed by atoms with Crippen LogP contribution in [-0.2, 0) is 0 Å². The zero-order valence-electron chi connectivity index (χ0n) is 7.22. The van der Waals surface area contributed by atoms with Crippen LogP contribution in [0.2, 0.25) is 0 Å². The van der Waals surface area contributed by atoms with Crippen LogP contribution in [-0.4, -0.2) is 11.6 Å². The Hall–Kier alpha value is -1.20. The van der Waals surface area contributed by atoms with E-state index >= 15 is 0 Å². The van der Waals surface area contributed by atoms with Crippen molar-refractivity contribution in [3.8, 4) is 0 Å². The summed E-state index contributed by atoms with van der Waals surface area (Å²) in [4.78, 5) is 9.80. The van der Waals surface area contributed by atoms with Crippen LogP contribution in [0.3, 0.4) is 0 Å². The molecule has 0 aromatic heterocycles. The van der Waals surface area contributed by atoms with Crippen LogP contribution in [0, 0.1) is 10.1 Å². The summed E-state index contributed by atoms with van der Waals surface area (Å²) >= 11 is 0. The Morgan fingerprint density at radius 1 is 1.57 bits per heavy atom. The fraction of sp³-hybridized carbons (Fsp3) is 0.250. The van der Waals surface area contributed by atoms with Crippen molar-refractivity contribution in [1.29, 1.82) is 0 Å². The SMILES string of the molecule is Cl.N[C@@H](CF)c1cccc([N+](=O)[O-])c1. The van der Waals surface area contributed by atoms with Gasteiger partial charge in [0.2, 0.25) is 0 Å². The lowest BCUT2D eigenvalue weighted by molar-refractivity contribution is -0.384. The van der Waals surface area contributed by atoms with Crippen LogP contribution in [0.4, 0.5) is 10.1 Å². The van der Waals surface area contributed by atoms with Gasteiger partial charge in [-0.3, -0.25) is 10.1 Å². The largest absolute Gasteiger partial charge is 0.322 e. The zero-order chi connectivity index (χ0) is 9.84. The van der Waals surface area contributed by atoms with E-state index in [0.29, 0.717) is 5.56 Å². The molecule has 0 saturated heterocycles. The summed E-state index contributed by atoms with van der Waals surface area (Å²) in [6, 6.07) is 4.90. The first-order valence-corrected chi connectivity index (χ1v) is 3.71. The molecular formula is C8H10ClFN2O2. The normalized spacial score (nSPS) is 11.6. The quantitative estimate of drug-likeness (QED) is 0.626. The Morgan fingerprint density at radius 3 is 2.71 bits per heavy atom. The highest BCUT2D eigenvalue weighted by Gasteiger charge is 2.10. The van der Waals surface area contributed by atoms with E-state index in [2.05, 4.69) is 0 Å². The van der Waals surface area contributed by atoms with Crippen molar-refractivity contribution in [2.24, 2.45) is 5.73 Å². The first-order chi connectivity index (χ1) is 6.15. The van der Waals surface area contributed by atoms with Crippen LogP contribution in [0.15, 0.2) is 24.3 Å². The van der Waals surface area contributed by atoms with Crippen molar-refractivity contribution in [3.05, 3.63) is 39.9 Å². The zero-order valence-corrected chi connectivity index (χ0v) is 8.04. The van der Waals surface area contributed by atoms with Gasteiger partial charge in [0, 0.05) is 12.1 Å². The average Bonchev–Trinajstić information content (AvgIpc) is 2.17. The number of nitrogens with two attached hydrogens (primary N) is 1. The molecule has 0 aliphatic rings. The second kappa shape index (κ2) is 5.51. The Balaban J connectivity index is 0.00000169. The van der Waals surface area contributed by atoms with Gasteiger partial charge in [0.25, 0.3) is 5.69 Å². The van der Waals surface area contributed by atoms with E-state index in [0.717, 1.165) is 0 Å². The molecular weight excluding hydrogens is 211 g/mol. The maximum Gasteiger partial charge on any atom is 0.269 e. The molecule has 14 heavy (non-hydrogen) atoms. The number of non-ortho nitro benzene ring substituents is 1. The minimum Gasteiger partial charge on any atom is -0.322 e. The molecule has 0 bridgehead atoms. The monoisotopic (exact) mass is 220 g/mol. The average molecular weight is 221 g/mol. The molecule has 0 fully saturated rings. The smallest absolute Gasteiger partial charge is 0.269 e. The predicted molar refractivity (Wildman–Crippen MR) is 53.2 cm³/mol. The summed E-state index contributed by atoms with van der Waals surface area (Å²) in [7, 11) is 0. The van der Waals surface area contributed by atoms with Gasteiger partial charge in [-0.25, -0.2) is 4.39 Å². The van der Waals surface area contributed by atoms with Gasteiger partial charge in [-0.05, 0) is 5.56 Å². The summed E-state index contributed by atoms with van der Waals surface area (Å²) < 4.78 is 12.1. The number of nitro benzene ring substituents is 1. The van der Waals surface area contributed by atoms with Gasteiger partial charge in [0.15, 0.2) is 0 Å². The molecule has 0 saturated carbocycles. The van der Waals surface area contributed by atoms with E-state index in [-0.39, 0.29) is 18.1 Å². The van der Waals surface area contributed by atoms with Crippen molar-refractivity contribution in [1.82, 2.24) is 0 Å². The Kier molecular flexibility index (Phi) is 5.04. The van der Waals surface area contributed by atoms with Gasteiger partial charge in [0.1, 0.15) is 6.67 Å². The minimum absolute atomic E-state index is 0. The molecule has 78 valence electrons. The third kappa shape index (κ3) is 2.93. The van der Waals surface area contributed by atoms with Crippen molar-refractivity contribution in [3.63, 3.8) is 0 Å². The summed E-state index contributed by atoms with van der Waals surface area (Å²) in [5.41, 5.74) is 5.74. The van der Waals surface area contributed by atoms with Gasteiger partial charge in [-0.2, -0.15) is 0 Å². The molecule has 1 aromatic carbocycles. The number of halogens is 2. The molecule has 0 heterocycles. The first kappa shape index (κ1) is 12.8. The van der Waals surface area contributed by atoms with Crippen molar-refractivity contribution >= 4 is 18.1 Å². The second-order valence-electron chi connectivity index (χ2n) is 2.61. The highest BCUT2D eigenvalue weighted by molar-refractivity contribution is 5.85. The van der Waals surface area contributed by atoms with Crippen LogP contribution in [0.5, 0.6) is 0 Å². The van der Waals surface area contributed by atoms with Crippen molar-refractivity contribution < 1.29 is 9.31 Å². The van der Waals surface area contributed by atoms with E-state index < -0.39 is 17.6 Å². The number of rotatable bonds is 3. The molecule has 0 amide bonds.